The minimum absolute atomic E-state index is 2.81. The third-order valence-corrected chi connectivity index (χ3v) is 11.4. The van der Waals surface area contributed by atoms with Gasteiger partial charge in [-0.05, 0) is 16.4 Å². The first-order valence-corrected chi connectivity index (χ1v) is 17.2. The molecule has 0 saturated carbocycles. The fourth-order valence-corrected chi connectivity index (χ4v) is 8.82. The van der Waals surface area contributed by atoms with Crippen molar-refractivity contribution in [3.63, 3.8) is 0 Å². The molecular formula is C39BF27. The van der Waals surface area contributed by atoms with Gasteiger partial charge in [0.05, 0.1) is 16.7 Å². The van der Waals surface area contributed by atoms with Crippen LogP contribution in [0, 0.1) is 122 Å². The Labute approximate surface area is 348 Å². The van der Waals surface area contributed by atoms with Crippen molar-refractivity contribution in [2.45, 2.75) is 17.8 Å². The van der Waals surface area contributed by atoms with Crippen molar-refractivity contribution in [2.75, 3.05) is 0 Å². The lowest BCUT2D eigenvalue weighted by molar-refractivity contribution is 0.0433. The Morgan fingerprint density at radius 2 is 0.328 bits per heavy atom. The average molecular weight is 992 g/mol. The molecule has 348 valence electrons. The first-order chi connectivity index (χ1) is 30.9. The molecule has 0 atom stereocenters. The molecule has 0 heterocycles. The molecule has 0 amide bonds. The van der Waals surface area contributed by atoms with Gasteiger partial charge in [0.2, 0.25) is 0 Å². The molecule has 0 nitrogen and oxygen atoms in total. The maximum atomic E-state index is 16.7. The van der Waals surface area contributed by atoms with Crippen LogP contribution in [0.3, 0.4) is 0 Å². The summed E-state index contributed by atoms with van der Waals surface area (Å²) in [6.45, 7) is -5.11. The van der Waals surface area contributed by atoms with Crippen LogP contribution in [0.25, 0.3) is 33.4 Å². The molecule has 0 bridgehead atoms. The highest BCUT2D eigenvalue weighted by Gasteiger charge is 2.62. The van der Waals surface area contributed by atoms with Gasteiger partial charge in [-0.3, -0.25) is 0 Å². The lowest BCUT2D eigenvalue weighted by Crippen LogP contribution is -2.61. The Kier molecular flexibility index (Phi) is 9.24. The smallest absolute Gasteiger partial charge is 0.204 e. The standard InChI is InChI=1S/C39BF27/c41-16-1-4-10(22(47)34(59)31(56)19(4)44)37(62,63)7(1)13(25(50)28(16)53)40(14-8-2(17(42)29(54)26(14)51)5-11(38(8,64)65)23(48)35(60)32(57)20(5)45)15-9-3(18(43)30(55)27(15)52)6-12(39(9,66)67)24(49)36(61)33(58)21(6)46. The highest BCUT2D eigenvalue weighted by Crippen LogP contribution is 2.59. The Morgan fingerprint density at radius 3 is 0.522 bits per heavy atom. The van der Waals surface area contributed by atoms with E-state index in [-0.39, 0.29) is 0 Å². The molecule has 6 aromatic carbocycles. The van der Waals surface area contributed by atoms with Gasteiger partial charge in [0.25, 0.3) is 6.71 Å². The van der Waals surface area contributed by atoms with Gasteiger partial charge in [-0.1, -0.05) is 0 Å². The first-order valence-electron chi connectivity index (χ1n) is 17.2. The van der Waals surface area contributed by atoms with Gasteiger partial charge < -0.3 is 0 Å². The van der Waals surface area contributed by atoms with Gasteiger partial charge in [0, 0.05) is 50.1 Å². The van der Waals surface area contributed by atoms with Gasteiger partial charge in [-0.2, -0.15) is 26.3 Å². The van der Waals surface area contributed by atoms with E-state index in [1.807, 2.05) is 0 Å². The van der Waals surface area contributed by atoms with Gasteiger partial charge in [0.1, 0.15) is 0 Å². The van der Waals surface area contributed by atoms with Gasteiger partial charge in [-0.25, -0.2) is 92.2 Å². The molecule has 3 aliphatic rings. The molecule has 6 aromatic rings. The molecule has 0 fully saturated rings. The monoisotopic (exact) mass is 992 g/mol. The van der Waals surface area contributed by atoms with Crippen LogP contribution in [-0.4, -0.2) is 6.71 Å². The second-order valence-electron chi connectivity index (χ2n) is 14.5. The summed E-state index contributed by atoms with van der Waals surface area (Å²) in [6, 6.07) is 0. The predicted octanol–water partition coefficient (Wildman–Crippen LogP) is 11.5. The average Bonchev–Trinajstić information content (AvgIpc) is 3.77. The van der Waals surface area contributed by atoms with E-state index >= 15 is 92.2 Å². The largest absolute Gasteiger partial charge is 0.302 e. The fraction of sp³-hybridized carbons (Fsp3) is 0.0769. The fourth-order valence-electron chi connectivity index (χ4n) is 8.82. The topological polar surface area (TPSA) is 0 Å². The highest BCUT2D eigenvalue weighted by atomic mass is 19.3. The SMILES string of the molecule is Fc1c(F)c(F)c2c(c1F)-c1c(F)c(F)c(F)c(B(c3c(F)c(F)c(F)c4c3C(F)(F)c3c(F)c(F)c(F)c(F)c3-4)c3c(F)c(F)c(F)c4c3C(F)(F)c3c(F)c(F)c(F)c(F)c3-4)c1C2(F)F. The lowest BCUT2D eigenvalue weighted by Gasteiger charge is -2.29. The van der Waals surface area contributed by atoms with E-state index in [0.717, 1.165) is 0 Å². The van der Waals surface area contributed by atoms with Crippen molar-refractivity contribution in [1.82, 2.24) is 0 Å². The Hall–Kier alpha value is -6.51. The summed E-state index contributed by atoms with van der Waals surface area (Å²) >= 11 is 0. The van der Waals surface area contributed by atoms with Crippen LogP contribution >= 0.6 is 0 Å². The Bertz CT molecular complexity index is 3060. The number of hydrogen-bond acceptors (Lipinski definition) is 0. The zero-order chi connectivity index (χ0) is 49.9. The van der Waals surface area contributed by atoms with E-state index in [9.17, 15) is 26.3 Å². The highest BCUT2D eigenvalue weighted by molar-refractivity contribution is 6.97. The summed E-state index contributed by atoms with van der Waals surface area (Å²) in [7, 11) is 0. The summed E-state index contributed by atoms with van der Waals surface area (Å²) in [4.78, 5) is 0. The quantitative estimate of drug-likeness (QED) is 0.0717. The van der Waals surface area contributed by atoms with Crippen molar-refractivity contribution in [3.8, 4) is 33.4 Å². The normalized spacial score (nSPS) is 15.4. The van der Waals surface area contributed by atoms with Crippen LogP contribution in [0.2, 0.25) is 0 Å². The summed E-state index contributed by atoms with van der Waals surface area (Å²) in [5, 5.41) is 0. The molecule has 3 aliphatic carbocycles. The van der Waals surface area contributed by atoms with Crippen molar-refractivity contribution in [2.24, 2.45) is 0 Å². The number of benzene rings is 6. The summed E-state index contributed by atoms with van der Waals surface area (Å²) in [5.41, 5.74) is -47.2. The van der Waals surface area contributed by atoms with Crippen LogP contribution in [0.5, 0.6) is 0 Å². The maximum Gasteiger partial charge on any atom is 0.302 e. The van der Waals surface area contributed by atoms with Gasteiger partial charge in [0.15, 0.2) is 122 Å². The second kappa shape index (κ2) is 13.6. The minimum Gasteiger partial charge on any atom is -0.204 e. The van der Waals surface area contributed by atoms with Crippen LogP contribution in [0.15, 0.2) is 0 Å². The number of hydrogen-bond donors (Lipinski definition) is 0. The van der Waals surface area contributed by atoms with E-state index in [0.29, 0.717) is 0 Å². The molecule has 0 spiro atoms. The van der Waals surface area contributed by atoms with Crippen LogP contribution in [0.1, 0.15) is 33.4 Å². The van der Waals surface area contributed by atoms with E-state index in [1.54, 1.807) is 0 Å². The third-order valence-electron chi connectivity index (χ3n) is 11.4. The molecule has 28 heteroatoms. The number of rotatable bonds is 3. The minimum atomic E-state index is -6.30. The lowest BCUT2D eigenvalue weighted by atomic mass is 9.33. The molecule has 0 radical (unpaired) electrons. The Balaban J connectivity index is 1.61. The number of alkyl halides is 6. The van der Waals surface area contributed by atoms with E-state index in [2.05, 4.69) is 0 Å². The van der Waals surface area contributed by atoms with Gasteiger partial charge in [-0.15, -0.1) is 0 Å². The second-order valence-corrected chi connectivity index (χ2v) is 14.5. The Morgan fingerprint density at radius 1 is 0.179 bits per heavy atom. The number of halogens is 27. The molecule has 67 heavy (non-hydrogen) atoms. The van der Waals surface area contributed by atoms with Crippen LogP contribution in [0.4, 0.5) is 119 Å². The van der Waals surface area contributed by atoms with E-state index in [4.69, 9.17) is 0 Å². The summed E-state index contributed by atoms with van der Waals surface area (Å²) in [5.74, 6) is -90.9. The maximum absolute atomic E-state index is 16.7. The summed E-state index contributed by atoms with van der Waals surface area (Å²) in [6.07, 6.45) is 0. The molecular weight excluding hydrogens is 992 g/mol. The van der Waals surface area contributed by atoms with Crippen molar-refractivity contribution < 1.29 is 119 Å². The van der Waals surface area contributed by atoms with Crippen LogP contribution < -0.4 is 16.4 Å². The van der Waals surface area contributed by atoms with Crippen molar-refractivity contribution in [1.29, 1.82) is 0 Å². The molecule has 0 N–H and O–H groups in total. The summed E-state index contributed by atoms with van der Waals surface area (Å²) < 4.78 is 424. The van der Waals surface area contributed by atoms with Crippen LogP contribution in [-0.2, 0) is 17.8 Å². The van der Waals surface area contributed by atoms with E-state index < -0.39 is 230 Å². The zero-order valence-corrected chi connectivity index (χ0v) is 30.3. The molecule has 0 aromatic heterocycles. The molecule has 0 unspecified atom stereocenters. The molecule has 0 saturated heterocycles. The van der Waals surface area contributed by atoms with Crippen molar-refractivity contribution in [3.05, 3.63) is 156 Å². The van der Waals surface area contributed by atoms with Gasteiger partial charge >= 0.3 is 17.8 Å². The zero-order valence-electron chi connectivity index (χ0n) is 30.3. The van der Waals surface area contributed by atoms with Crippen molar-refractivity contribution >= 4 is 23.1 Å². The predicted molar refractivity (Wildman–Crippen MR) is 168 cm³/mol. The molecule has 9 rings (SSSR count). The molecule has 0 aliphatic heterocycles. The number of fused-ring (bicyclic) bond motifs is 9. The third kappa shape index (κ3) is 5.04. The van der Waals surface area contributed by atoms with E-state index in [1.165, 1.54) is 0 Å². The first kappa shape index (κ1) is 45.6.